The van der Waals surface area contributed by atoms with E-state index in [0.29, 0.717) is 6.04 Å². The third kappa shape index (κ3) is 3.53. The number of nitrogens with zero attached hydrogens (tertiary/aromatic N) is 3. The van der Waals surface area contributed by atoms with Crippen molar-refractivity contribution >= 4 is 0 Å². The van der Waals surface area contributed by atoms with E-state index < -0.39 is 0 Å². The normalized spacial score (nSPS) is 35.1. The average Bonchev–Trinajstić information content (AvgIpc) is 2.63. The molecule has 2 aliphatic rings. The molecule has 118 valence electrons. The highest BCUT2D eigenvalue weighted by atomic mass is 15.3. The molecule has 4 nitrogen and oxygen atoms in total. The fraction of sp³-hybridized carbons (Fsp3) is 1.00. The van der Waals surface area contributed by atoms with Crippen molar-refractivity contribution in [2.75, 3.05) is 52.9 Å². The van der Waals surface area contributed by atoms with Crippen molar-refractivity contribution in [1.29, 1.82) is 0 Å². The third-order valence-electron chi connectivity index (χ3n) is 5.37. The number of likely N-dealkylation sites (N-methyl/N-ethyl adjacent to an activating group) is 1. The van der Waals surface area contributed by atoms with E-state index in [1.54, 1.807) is 0 Å². The molecule has 0 spiro atoms. The van der Waals surface area contributed by atoms with Gasteiger partial charge in [0.05, 0.1) is 0 Å². The quantitative estimate of drug-likeness (QED) is 0.841. The first-order chi connectivity index (χ1) is 9.61. The topological polar surface area (TPSA) is 35.7 Å². The van der Waals surface area contributed by atoms with Crippen LogP contribution < -0.4 is 5.73 Å². The number of piperazine rings is 1. The van der Waals surface area contributed by atoms with Crippen molar-refractivity contribution in [2.24, 2.45) is 5.73 Å². The monoisotopic (exact) mass is 282 g/mol. The second-order valence-electron chi connectivity index (χ2n) is 6.93. The summed E-state index contributed by atoms with van der Waals surface area (Å²) in [6.45, 7) is 12.8. The molecule has 0 saturated carbocycles. The van der Waals surface area contributed by atoms with Gasteiger partial charge in [-0.2, -0.15) is 0 Å². The Bertz CT molecular complexity index is 296. The Balaban J connectivity index is 2.05. The first-order valence-electron chi connectivity index (χ1n) is 8.49. The Morgan fingerprint density at radius 2 is 1.95 bits per heavy atom. The molecule has 2 atom stereocenters. The summed E-state index contributed by atoms with van der Waals surface area (Å²) in [6, 6.07) is 0.634. The van der Waals surface area contributed by atoms with E-state index in [-0.39, 0.29) is 5.54 Å². The third-order valence-corrected chi connectivity index (χ3v) is 5.37. The molecular weight excluding hydrogens is 248 g/mol. The summed E-state index contributed by atoms with van der Waals surface area (Å²) < 4.78 is 0. The van der Waals surface area contributed by atoms with Crippen molar-refractivity contribution in [3.63, 3.8) is 0 Å². The standard InChI is InChI=1S/C16H34N4/c1-4-8-19-9-5-6-16(14-17,7-10-19)20-12-11-18(3)13-15(20)2/h15H,4-14,17H2,1-3H3. The summed E-state index contributed by atoms with van der Waals surface area (Å²) in [4.78, 5) is 7.83. The summed E-state index contributed by atoms with van der Waals surface area (Å²) >= 11 is 0. The van der Waals surface area contributed by atoms with Gasteiger partial charge in [0.1, 0.15) is 0 Å². The highest BCUT2D eigenvalue weighted by Crippen LogP contribution is 2.31. The molecule has 2 rings (SSSR count). The van der Waals surface area contributed by atoms with Crippen LogP contribution in [0, 0.1) is 0 Å². The summed E-state index contributed by atoms with van der Waals surface area (Å²) in [7, 11) is 2.24. The van der Waals surface area contributed by atoms with E-state index in [0.717, 1.165) is 6.54 Å². The lowest BCUT2D eigenvalue weighted by Gasteiger charge is -2.50. The molecular formula is C16H34N4. The summed E-state index contributed by atoms with van der Waals surface area (Å²) in [5.41, 5.74) is 6.53. The van der Waals surface area contributed by atoms with Crippen LogP contribution in [0.1, 0.15) is 39.5 Å². The maximum absolute atomic E-state index is 6.28. The van der Waals surface area contributed by atoms with Gasteiger partial charge in [-0.15, -0.1) is 0 Å². The molecule has 20 heavy (non-hydrogen) atoms. The first kappa shape index (κ1) is 16.2. The smallest absolute Gasteiger partial charge is 0.0348 e. The molecule has 0 aromatic heterocycles. The molecule has 2 aliphatic heterocycles. The second kappa shape index (κ2) is 7.21. The van der Waals surface area contributed by atoms with Gasteiger partial charge in [0.2, 0.25) is 0 Å². The Morgan fingerprint density at radius 3 is 2.60 bits per heavy atom. The second-order valence-corrected chi connectivity index (χ2v) is 6.93. The molecule has 0 radical (unpaired) electrons. The van der Waals surface area contributed by atoms with Gasteiger partial charge in [0.25, 0.3) is 0 Å². The van der Waals surface area contributed by atoms with Gasteiger partial charge in [0, 0.05) is 37.8 Å². The maximum atomic E-state index is 6.28. The fourth-order valence-corrected chi connectivity index (χ4v) is 4.23. The lowest BCUT2D eigenvalue weighted by Crippen LogP contribution is -2.63. The van der Waals surface area contributed by atoms with Crippen LogP contribution in [0.25, 0.3) is 0 Å². The number of hydrogen-bond acceptors (Lipinski definition) is 4. The van der Waals surface area contributed by atoms with E-state index in [4.69, 9.17) is 5.73 Å². The Kier molecular flexibility index (Phi) is 5.84. The molecule has 2 saturated heterocycles. The van der Waals surface area contributed by atoms with Crippen LogP contribution in [-0.4, -0.2) is 79.1 Å². The largest absolute Gasteiger partial charge is 0.329 e. The summed E-state index contributed by atoms with van der Waals surface area (Å²) in [6.07, 6.45) is 5.09. The maximum Gasteiger partial charge on any atom is 0.0348 e. The van der Waals surface area contributed by atoms with Crippen LogP contribution in [0.5, 0.6) is 0 Å². The number of rotatable bonds is 4. The van der Waals surface area contributed by atoms with Crippen LogP contribution >= 0.6 is 0 Å². The summed E-state index contributed by atoms with van der Waals surface area (Å²) in [5.74, 6) is 0. The van der Waals surface area contributed by atoms with Crippen molar-refractivity contribution in [1.82, 2.24) is 14.7 Å². The molecule has 2 heterocycles. The first-order valence-corrected chi connectivity index (χ1v) is 8.49. The highest BCUT2D eigenvalue weighted by molar-refractivity contribution is 4.98. The van der Waals surface area contributed by atoms with Crippen LogP contribution in [-0.2, 0) is 0 Å². The zero-order chi connectivity index (χ0) is 14.6. The van der Waals surface area contributed by atoms with E-state index in [1.807, 2.05) is 0 Å². The van der Waals surface area contributed by atoms with E-state index in [1.165, 1.54) is 65.0 Å². The van der Waals surface area contributed by atoms with Crippen molar-refractivity contribution in [3.05, 3.63) is 0 Å². The van der Waals surface area contributed by atoms with Gasteiger partial charge in [-0.25, -0.2) is 0 Å². The van der Waals surface area contributed by atoms with Gasteiger partial charge in [0.15, 0.2) is 0 Å². The van der Waals surface area contributed by atoms with Crippen LogP contribution in [0.2, 0.25) is 0 Å². The van der Waals surface area contributed by atoms with E-state index in [9.17, 15) is 0 Å². The zero-order valence-electron chi connectivity index (χ0n) is 13.8. The molecule has 0 aromatic rings. The fourth-order valence-electron chi connectivity index (χ4n) is 4.23. The van der Waals surface area contributed by atoms with E-state index in [2.05, 4.69) is 35.6 Å². The number of hydrogen-bond donors (Lipinski definition) is 1. The van der Waals surface area contributed by atoms with Gasteiger partial charge >= 0.3 is 0 Å². The van der Waals surface area contributed by atoms with Crippen molar-refractivity contribution in [2.45, 2.75) is 51.1 Å². The lowest BCUT2D eigenvalue weighted by atomic mass is 9.86. The van der Waals surface area contributed by atoms with Crippen molar-refractivity contribution < 1.29 is 0 Å². The predicted octanol–water partition coefficient (Wildman–Crippen LogP) is 1.22. The average molecular weight is 282 g/mol. The molecule has 2 fully saturated rings. The molecule has 2 unspecified atom stereocenters. The Labute approximate surface area is 125 Å². The lowest BCUT2D eigenvalue weighted by molar-refractivity contribution is -0.00530. The van der Waals surface area contributed by atoms with Gasteiger partial charge in [-0.3, -0.25) is 4.90 Å². The SMILES string of the molecule is CCCN1CCCC(CN)(N2CCN(C)CC2C)CC1. The molecule has 2 N–H and O–H groups in total. The molecule has 0 amide bonds. The molecule has 0 aliphatic carbocycles. The van der Waals surface area contributed by atoms with Crippen LogP contribution in [0.4, 0.5) is 0 Å². The predicted molar refractivity (Wildman–Crippen MR) is 86.0 cm³/mol. The van der Waals surface area contributed by atoms with Gasteiger partial charge < -0.3 is 15.5 Å². The van der Waals surface area contributed by atoms with Crippen LogP contribution in [0.3, 0.4) is 0 Å². The Morgan fingerprint density at radius 1 is 1.15 bits per heavy atom. The van der Waals surface area contributed by atoms with Gasteiger partial charge in [-0.1, -0.05) is 6.92 Å². The summed E-state index contributed by atoms with van der Waals surface area (Å²) in [5, 5.41) is 0. The molecule has 4 heteroatoms. The highest BCUT2D eigenvalue weighted by Gasteiger charge is 2.40. The molecule has 0 bridgehead atoms. The van der Waals surface area contributed by atoms with Gasteiger partial charge in [-0.05, 0) is 59.3 Å². The Hall–Kier alpha value is -0.160. The number of nitrogens with two attached hydrogens (primary N) is 1. The molecule has 0 aromatic carbocycles. The minimum atomic E-state index is 0.253. The van der Waals surface area contributed by atoms with E-state index >= 15 is 0 Å². The minimum Gasteiger partial charge on any atom is -0.329 e. The van der Waals surface area contributed by atoms with Crippen molar-refractivity contribution in [3.8, 4) is 0 Å². The van der Waals surface area contributed by atoms with Crippen LogP contribution in [0.15, 0.2) is 0 Å². The number of likely N-dealkylation sites (tertiary alicyclic amines) is 1. The minimum absolute atomic E-state index is 0.253. The zero-order valence-corrected chi connectivity index (χ0v) is 13.8.